The maximum atomic E-state index is 12.8. The molecular weight excluding hydrogens is 355 g/mol. The first-order valence-electron chi connectivity index (χ1n) is 7.18. The molecule has 0 saturated carbocycles. The molecule has 0 aliphatic heterocycles. The smallest absolute Gasteiger partial charge is 0.416 e. The summed E-state index contributed by atoms with van der Waals surface area (Å²) in [5.74, 6) is -2.06. The molecule has 26 heavy (non-hydrogen) atoms. The Morgan fingerprint density at radius 1 is 1.23 bits per heavy atom. The Morgan fingerprint density at radius 2 is 2.04 bits per heavy atom. The molecule has 10 heteroatoms. The predicted octanol–water partition coefficient (Wildman–Crippen LogP) is 3.20. The molecule has 0 unspecified atom stereocenters. The fraction of sp³-hybridized carbons (Fsp3) is 0.125. The number of hydrogen-bond donors (Lipinski definition) is 1. The van der Waals surface area contributed by atoms with Crippen molar-refractivity contribution in [2.24, 2.45) is 0 Å². The summed E-state index contributed by atoms with van der Waals surface area (Å²) >= 11 is 0. The number of nitrogens with one attached hydrogen (secondary N) is 1. The Bertz CT molecular complexity index is 932. The number of rotatable bonds is 6. The van der Waals surface area contributed by atoms with Gasteiger partial charge in [0, 0.05) is 12.0 Å². The van der Waals surface area contributed by atoms with E-state index in [0.29, 0.717) is 0 Å². The second-order valence-electron chi connectivity index (χ2n) is 5.14. The van der Waals surface area contributed by atoms with Crippen molar-refractivity contribution in [3.05, 3.63) is 60.1 Å². The van der Waals surface area contributed by atoms with Crippen molar-refractivity contribution >= 4 is 11.6 Å². The lowest BCUT2D eigenvalue weighted by atomic mass is 10.1. The lowest BCUT2D eigenvalue weighted by molar-refractivity contribution is -0.137. The summed E-state index contributed by atoms with van der Waals surface area (Å²) < 4.78 is 48.6. The van der Waals surface area contributed by atoms with Crippen LogP contribution in [-0.4, -0.2) is 26.7 Å². The van der Waals surface area contributed by atoms with Gasteiger partial charge in [-0.25, -0.2) is 4.98 Å². The Hall–Kier alpha value is -3.43. The summed E-state index contributed by atoms with van der Waals surface area (Å²) in [6.45, 7) is 0. The van der Waals surface area contributed by atoms with Crippen molar-refractivity contribution in [2.75, 3.05) is 0 Å². The molecule has 3 rings (SSSR count). The second-order valence-corrected chi connectivity index (χ2v) is 5.14. The van der Waals surface area contributed by atoms with Crippen LogP contribution in [0.1, 0.15) is 21.7 Å². The number of Topliss-reactive ketones (excluding diaryl/α,β-unsaturated/α-hetero) is 2. The number of hydrogen-bond acceptors (Lipinski definition) is 6. The highest BCUT2D eigenvalue weighted by Gasteiger charge is 2.30. The molecule has 0 fully saturated rings. The van der Waals surface area contributed by atoms with Crippen LogP contribution in [0.4, 0.5) is 13.2 Å². The Labute approximate surface area is 143 Å². The first kappa shape index (κ1) is 17.4. The van der Waals surface area contributed by atoms with Gasteiger partial charge in [-0.2, -0.15) is 13.2 Å². The average molecular weight is 365 g/mol. The van der Waals surface area contributed by atoms with Crippen LogP contribution >= 0.6 is 0 Å². The molecule has 134 valence electrons. The maximum absolute atomic E-state index is 12.8. The average Bonchev–Trinajstić information content (AvgIpc) is 3.26. The minimum atomic E-state index is -4.52. The quantitative estimate of drug-likeness (QED) is 0.532. The third-order valence-electron chi connectivity index (χ3n) is 3.31. The van der Waals surface area contributed by atoms with E-state index < -0.39 is 23.3 Å². The molecule has 0 aliphatic carbocycles. The van der Waals surface area contributed by atoms with Gasteiger partial charge < -0.3 is 9.15 Å². The summed E-state index contributed by atoms with van der Waals surface area (Å²) in [4.78, 5) is 27.5. The summed E-state index contributed by atoms with van der Waals surface area (Å²) in [6, 6.07) is 4.24. The molecule has 0 atom stereocenters. The van der Waals surface area contributed by atoms with Crippen LogP contribution in [0.15, 0.2) is 47.5 Å². The summed E-state index contributed by atoms with van der Waals surface area (Å²) in [5, 5.41) is 5.84. The molecule has 0 spiro atoms. The highest BCUT2D eigenvalue weighted by atomic mass is 19.4. The number of halogens is 3. The SMILES string of the molecule is O=C(Cc1cocc1Oc1cccc(C(F)(F)F)c1)C(=O)c1nc[nH]n1. The van der Waals surface area contributed by atoms with Crippen LogP contribution in [0, 0.1) is 0 Å². The number of nitrogens with zero attached hydrogens (tertiary/aromatic N) is 2. The van der Waals surface area contributed by atoms with Gasteiger partial charge >= 0.3 is 6.18 Å². The number of H-pyrrole nitrogens is 1. The van der Waals surface area contributed by atoms with E-state index in [1.807, 2.05) is 0 Å². The summed E-state index contributed by atoms with van der Waals surface area (Å²) in [7, 11) is 0. The minimum Gasteiger partial charge on any atom is -0.468 e. The van der Waals surface area contributed by atoms with Crippen molar-refractivity contribution in [1.29, 1.82) is 0 Å². The van der Waals surface area contributed by atoms with E-state index in [1.165, 1.54) is 18.4 Å². The first-order chi connectivity index (χ1) is 12.3. The predicted molar refractivity (Wildman–Crippen MR) is 79.7 cm³/mol. The van der Waals surface area contributed by atoms with Crippen molar-refractivity contribution < 1.29 is 31.9 Å². The van der Waals surface area contributed by atoms with E-state index in [1.54, 1.807) is 0 Å². The summed E-state index contributed by atoms with van der Waals surface area (Å²) in [5.41, 5.74) is -0.674. The largest absolute Gasteiger partial charge is 0.468 e. The number of carbonyl (C=O) groups excluding carboxylic acids is 2. The Balaban J connectivity index is 1.75. The fourth-order valence-corrected chi connectivity index (χ4v) is 2.09. The molecule has 2 aromatic heterocycles. The minimum absolute atomic E-state index is 0.0282. The van der Waals surface area contributed by atoms with Crippen LogP contribution in [0.25, 0.3) is 0 Å². The highest BCUT2D eigenvalue weighted by molar-refractivity contribution is 6.43. The molecular formula is C16H10F3N3O4. The number of ketones is 2. The van der Waals surface area contributed by atoms with Crippen molar-refractivity contribution in [1.82, 2.24) is 15.2 Å². The van der Waals surface area contributed by atoms with Crippen molar-refractivity contribution in [3.8, 4) is 11.5 Å². The van der Waals surface area contributed by atoms with Gasteiger partial charge in [-0.15, -0.1) is 5.10 Å². The highest BCUT2D eigenvalue weighted by Crippen LogP contribution is 2.33. The van der Waals surface area contributed by atoms with E-state index in [2.05, 4.69) is 15.2 Å². The molecule has 0 saturated heterocycles. The zero-order chi connectivity index (χ0) is 18.7. The molecule has 0 amide bonds. The summed E-state index contributed by atoms with van der Waals surface area (Å²) in [6.07, 6.45) is -1.44. The van der Waals surface area contributed by atoms with Gasteiger partial charge in [-0.1, -0.05) is 6.07 Å². The van der Waals surface area contributed by atoms with Gasteiger partial charge in [0.05, 0.1) is 11.8 Å². The fourth-order valence-electron chi connectivity index (χ4n) is 2.09. The van der Waals surface area contributed by atoms with Gasteiger partial charge in [0.1, 0.15) is 18.3 Å². The number of aromatic amines is 1. The van der Waals surface area contributed by atoms with E-state index in [9.17, 15) is 22.8 Å². The molecule has 0 aliphatic rings. The lowest BCUT2D eigenvalue weighted by Crippen LogP contribution is -2.18. The second kappa shape index (κ2) is 6.82. The normalized spacial score (nSPS) is 11.3. The zero-order valence-electron chi connectivity index (χ0n) is 12.9. The van der Waals surface area contributed by atoms with Gasteiger partial charge in [0.2, 0.25) is 11.6 Å². The standard InChI is InChI=1S/C16H10F3N3O4/c17-16(18,19)10-2-1-3-11(5-10)26-13-7-25-6-9(13)4-12(23)14(24)15-20-8-21-22-15/h1-3,5-8H,4H2,(H,20,21,22). The number of aromatic nitrogens is 3. The molecule has 0 radical (unpaired) electrons. The molecule has 1 aromatic carbocycles. The molecule has 1 N–H and O–H groups in total. The Kier molecular flexibility index (Phi) is 4.57. The zero-order valence-corrected chi connectivity index (χ0v) is 12.9. The maximum Gasteiger partial charge on any atom is 0.416 e. The molecule has 2 heterocycles. The van der Waals surface area contributed by atoms with E-state index in [0.717, 1.165) is 24.7 Å². The number of ether oxygens (including phenoxy) is 1. The van der Waals surface area contributed by atoms with Gasteiger partial charge in [-0.05, 0) is 18.2 Å². The topological polar surface area (TPSA) is 98.1 Å². The van der Waals surface area contributed by atoms with Gasteiger partial charge in [-0.3, -0.25) is 14.7 Å². The lowest BCUT2D eigenvalue weighted by Gasteiger charge is -2.09. The third kappa shape index (κ3) is 3.79. The molecule has 0 bridgehead atoms. The van der Waals surface area contributed by atoms with E-state index >= 15 is 0 Å². The number of alkyl halides is 3. The van der Waals surface area contributed by atoms with Crippen molar-refractivity contribution in [3.63, 3.8) is 0 Å². The monoisotopic (exact) mass is 365 g/mol. The number of carbonyl (C=O) groups is 2. The van der Waals surface area contributed by atoms with E-state index in [-0.39, 0.29) is 29.3 Å². The van der Waals surface area contributed by atoms with Crippen LogP contribution in [0.2, 0.25) is 0 Å². The van der Waals surface area contributed by atoms with E-state index in [4.69, 9.17) is 9.15 Å². The van der Waals surface area contributed by atoms with Crippen molar-refractivity contribution in [2.45, 2.75) is 12.6 Å². The van der Waals surface area contributed by atoms with Crippen LogP contribution in [-0.2, 0) is 17.4 Å². The first-order valence-corrected chi connectivity index (χ1v) is 7.18. The van der Waals surface area contributed by atoms with Crippen LogP contribution in [0.5, 0.6) is 11.5 Å². The number of furan rings is 1. The van der Waals surface area contributed by atoms with Crippen LogP contribution < -0.4 is 4.74 Å². The molecule has 7 nitrogen and oxygen atoms in total. The van der Waals surface area contributed by atoms with Gasteiger partial charge in [0.25, 0.3) is 5.78 Å². The Morgan fingerprint density at radius 3 is 2.73 bits per heavy atom. The third-order valence-corrected chi connectivity index (χ3v) is 3.31. The number of benzene rings is 1. The molecule has 3 aromatic rings. The van der Waals surface area contributed by atoms with Gasteiger partial charge in [0.15, 0.2) is 5.75 Å². The van der Waals surface area contributed by atoms with Crippen LogP contribution in [0.3, 0.4) is 0 Å².